The van der Waals surface area contributed by atoms with Crippen LogP contribution in [0.2, 0.25) is 0 Å². The van der Waals surface area contributed by atoms with Gasteiger partial charge in [-0.2, -0.15) is 0 Å². The van der Waals surface area contributed by atoms with Crippen LogP contribution in [0.15, 0.2) is 96.4 Å². The minimum Gasteiger partial charge on any atom is -0.344 e. The van der Waals surface area contributed by atoms with Crippen LogP contribution in [0.25, 0.3) is 75.9 Å². The molecule has 9 rings (SSSR count). The molecular formula is C31H19N3S. The molecule has 3 nitrogen and oxygen atoms in total. The van der Waals surface area contributed by atoms with E-state index in [0.29, 0.717) is 0 Å². The molecule has 0 saturated carbocycles. The number of benzene rings is 4. The van der Waals surface area contributed by atoms with Crippen LogP contribution in [0.3, 0.4) is 0 Å². The van der Waals surface area contributed by atoms with E-state index in [1.54, 1.807) is 0 Å². The van der Waals surface area contributed by atoms with Gasteiger partial charge >= 0.3 is 0 Å². The number of nitrogens with zero attached hydrogens (tertiary/aromatic N) is 3. The third-order valence-corrected chi connectivity index (χ3v) is 8.80. The second kappa shape index (κ2) is 6.04. The summed E-state index contributed by atoms with van der Waals surface area (Å²) in [5, 5.41) is 8.85. The third-order valence-electron chi connectivity index (χ3n) is 7.87. The molecule has 0 radical (unpaired) electrons. The number of thiophene rings is 1. The fraction of sp³-hybridized carbons (Fsp3) is 0.0323. The van der Waals surface area contributed by atoms with Gasteiger partial charge in [0.25, 0.3) is 0 Å². The van der Waals surface area contributed by atoms with Crippen LogP contribution in [-0.4, -0.2) is 13.5 Å². The van der Waals surface area contributed by atoms with Crippen molar-refractivity contribution in [3.05, 3.63) is 96.4 Å². The highest BCUT2D eigenvalue weighted by Crippen LogP contribution is 2.47. The summed E-state index contributed by atoms with van der Waals surface area (Å²) >= 11 is 1.84. The Labute approximate surface area is 204 Å². The summed E-state index contributed by atoms with van der Waals surface area (Å²) in [5.74, 6) is 0. The molecule has 0 amide bonds. The molecule has 0 atom stereocenters. The van der Waals surface area contributed by atoms with E-state index in [1.165, 1.54) is 75.9 Å². The summed E-state index contributed by atoms with van der Waals surface area (Å²) in [6, 6.07) is 33.4. The van der Waals surface area contributed by atoms with E-state index in [0.717, 1.165) is 0 Å². The van der Waals surface area contributed by atoms with E-state index in [9.17, 15) is 0 Å². The molecule has 0 saturated heterocycles. The molecule has 0 fully saturated rings. The van der Waals surface area contributed by atoms with Gasteiger partial charge in [-0.25, -0.2) is 0 Å². The molecule has 35 heavy (non-hydrogen) atoms. The zero-order valence-corrected chi connectivity index (χ0v) is 19.8. The van der Waals surface area contributed by atoms with Gasteiger partial charge in [-0.15, -0.1) is 11.3 Å². The molecule has 5 aromatic heterocycles. The number of para-hydroxylation sites is 2. The monoisotopic (exact) mass is 465 g/mol. The van der Waals surface area contributed by atoms with Crippen molar-refractivity contribution in [2.24, 2.45) is 7.05 Å². The maximum absolute atomic E-state index is 2.56. The largest absolute Gasteiger partial charge is 0.344 e. The standard InChI is InChI=1S/C31H19N3S/c1-32-23-13-7-11-20-26(23)27-24(32)15-14-21-28(27)34(25-16-17-35-31(21)25)29-19-10-5-6-12-22(19)33(30(20)29)18-8-3-2-4-9-18/h2-17H,1H3. The van der Waals surface area contributed by atoms with Crippen LogP contribution < -0.4 is 0 Å². The van der Waals surface area contributed by atoms with Gasteiger partial charge in [0.2, 0.25) is 0 Å². The summed E-state index contributed by atoms with van der Waals surface area (Å²) in [6.07, 6.45) is 0. The molecule has 0 unspecified atom stereocenters. The molecule has 0 aliphatic rings. The molecule has 164 valence electrons. The van der Waals surface area contributed by atoms with Crippen LogP contribution in [0.1, 0.15) is 0 Å². The predicted molar refractivity (Wildman–Crippen MR) is 150 cm³/mol. The molecule has 0 N–H and O–H groups in total. The van der Waals surface area contributed by atoms with Gasteiger partial charge in [0, 0.05) is 45.2 Å². The Morgan fingerprint density at radius 1 is 0.543 bits per heavy atom. The highest BCUT2D eigenvalue weighted by Gasteiger charge is 2.25. The van der Waals surface area contributed by atoms with Crippen molar-refractivity contribution < 1.29 is 0 Å². The van der Waals surface area contributed by atoms with E-state index >= 15 is 0 Å². The van der Waals surface area contributed by atoms with Gasteiger partial charge in [-0.1, -0.05) is 48.5 Å². The highest BCUT2D eigenvalue weighted by molar-refractivity contribution is 7.18. The van der Waals surface area contributed by atoms with Crippen LogP contribution in [-0.2, 0) is 7.05 Å². The number of aromatic nitrogens is 3. The maximum atomic E-state index is 2.56. The van der Waals surface area contributed by atoms with Gasteiger partial charge in [-0.3, -0.25) is 0 Å². The Morgan fingerprint density at radius 3 is 2.23 bits per heavy atom. The van der Waals surface area contributed by atoms with Crippen molar-refractivity contribution in [3.8, 4) is 5.69 Å². The molecule has 0 aliphatic heterocycles. The van der Waals surface area contributed by atoms with Crippen molar-refractivity contribution >= 4 is 81.6 Å². The van der Waals surface area contributed by atoms with Crippen molar-refractivity contribution in [1.82, 2.24) is 13.5 Å². The van der Waals surface area contributed by atoms with E-state index in [-0.39, 0.29) is 0 Å². The second-order valence-corrected chi connectivity index (χ2v) is 10.4. The highest BCUT2D eigenvalue weighted by atomic mass is 32.1. The average molecular weight is 466 g/mol. The zero-order chi connectivity index (χ0) is 22.8. The summed E-state index contributed by atoms with van der Waals surface area (Å²) in [5.41, 5.74) is 10.1. The molecule has 0 bridgehead atoms. The van der Waals surface area contributed by atoms with Crippen molar-refractivity contribution in [1.29, 1.82) is 0 Å². The topological polar surface area (TPSA) is 14.3 Å². The maximum Gasteiger partial charge on any atom is 0.0804 e. The lowest BCUT2D eigenvalue weighted by molar-refractivity contribution is 1.01. The number of hydrogen-bond acceptors (Lipinski definition) is 1. The van der Waals surface area contributed by atoms with E-state index in [4.69, 9.17) is 0 Å². The summed E-state index contributed by atoms with van der Waals surface area (Å²) in [6.45, 7) is 0. The molecular weight excluding hydrogens is 446 g/mol. The van der Waals surface area contributed by atoms with Gasteiger partial charge in [0.05, 0.1) is 37.8 Å². The van der Waals surface area contributed by atoms with Crippen LogP contribution in [0.5, 0.6) is 0 Å². The number of hydrogen-bond donors (Lipinski definition) is 0. The van der Waals surface area contributed by atoms with E-state index < -0.39 is 0 Å². The van der Waals surface area contributed by atoms with Gasteiger partial charge in [0.1, 0.15) is 0 Å². The minimum absolute atomic E-state index is 1.19. The normalized spacial score (nSPS) is 12.7. The Kier molecular flexibility index (Phi) is 3.12. The van der Waals surface area contributed by atoms with Crippen LogP contribution in [0.4, 0.5) is 0 Å². The van der Waals surface area contributed by atoms with E-state index in [1.807, 2.05) is 11.3 Å². The van der Waals surface area contributed by atoms with Gasteiger partial charge in [-0.05, 0) is 47.8 Å². The van der Waals surface area contributed by atoms with Crippen molar-refractivity contribution in [2.75, 3.05) is 0 Å². The van der Waals surface area contributed by atoms with Crippen LogP contribution in [0, 0.1) is 0 Å². The fourth-order valence-corrected chi connectivity index (χ4v) is 7.41. The molecule has 9 aromatic rings. The van der Waals surface area contributed by atoms with Crippen molar-refractivity contribution in [2.45, 2.75) is 0 Å². The minimum atomic E-state index is 1.19. The van der Waals surface area contributed by atoms with Crippen molar-refractivity contribution in [3.63, 3.8) is 0 Å². The zero-order valence-electron chi connectivity index (χ0n) is 19.0. The van der Waals surface area contributed by atoms with E-state index in [2.05, 4.69) is 117 Å². The predicted octanol–water partition coefficient (Wildman–Crippen LogP) is 8.49. The SMILES string of the molecule is Cn1c2cccc3c2c2c1ccc1c4sccc4n(c12)c1c2ccccc2n(-c2ccccc2)c31. The lowest BCUT2D eigenvalue weighted by Gasteiger charge is -2.08. The smallest absolute Gasteiger partial charge is 0.0804 e. The third kappa shape index (κ3) is 1.97. The molecule has 4 heteroatoms. The molecule has 0 spiro atoms. The lowest BCUT2D eigenvalue weighted by Crippen LogP contribution is -1.94. The Morgan fingerprint density at radius 2 is 1.31 bits per heavy atom. The fourth-order valence-electron chi connectivity index (χ4n) is 6.51. The Hall–Kier alpha value is -4.28. The molecule has 4 aromatic carbocycles. The molecule has 5 heterocycles. The Bertz CT molecular complexity index is 2270. The molecule has 0 aliphatic carbocycles. The summed E-state index contributed by atoms with van der Waals surface area (Å²) in [4.78, 5) is 0. The lowest BCUT2D eigenvalue weighted by atomic mass is 10.1. The number of aryl methyl sites for hydroxylation is 1. The Balaban J connectivity index is 1.79. The van der Waals surface area contributed by atoms with Gasteiger partial charge < -0.3 is 13.5 Å². The van der Waals surface area contributed by atoms with Crippen LogP contribution >= 0.6 is 11.3 Å². The quantitative estimate of drug-likeness (QED) is 0.231. The first kappa shape index (κ1) is 18.1. The summed E-state index contributed by atoms with van der Waals surface area (Å²) < 4.78 is 8.74. The first-order valence-electron chi connectivity index (χ1n) is 11.9. The first-order valence-corrected chi connectivity index (χ1v) is 12.8. The number of rotatable bonds is 1. The second-order valence-electron chi connectivity index (χ2n) is 9.47. The average Bonchev–Trinajstić information content (AvgIpc) is 3.62. The summed E-state index contributed by atoms with van der Waals surface area (Å²) in [7, 11) is 2.20. The number of fused-ring (bicyclic) bond motifs is 8. The first-order chi connectivity index (χ1) is 17.3. The van der Waals surface area contributed by atoms with Gasteiger partial charge in [0.15, 0.2) is 0 Å².